The molecule has 2 aromatic rings. The van der Waals surface area contributed by atoms with Crippen molar-refractivity contribution in [3.8, 4) is 0 Å². The van der Waals surface area contributed by atoms with E-state index in [9.17, 15) is 9.18 Å². The molecule has 1 amide bonds. The highest BCUT2D eigenvalue weighted by Gasteiger charge is 2.29. The zero-order valence-corrected chi connectivity index (χ0v) is 16.9. The molecule has 5 nitrogen and oxygen atoms in total. The summed E-state index contributed by atoms with van der Waals surface area (Å²) in [4.78, 5) is 21.2. The molecule has 0 radical (unpaired) electrons. The van der Waals surface area contributed by atoms with E-state index in [4.69, 9.17) is 0 Å². The van der Waals surface area contributed by atoms with Gasteiger partial charge in [-0.3, -0.25) is 4.79 Å². The van der Waals surface area contributed by atoms with Crippen molar-refractivity contribution in [3.63, 3.8) is 0 Å². The number of thiazole rings is 1. The molecule has 1 heterocycles. The van der Waals surface area contributed by atoms with Crippen LogP contribution in [-0.2, 0) is 11.3 Å². The monoisotopic (exact) mass is 378 g/mol. The molecule has 26 heavy (non-hydrogen) atoms. The van der Waals surface area contributed by atoms with Crippen molar-refractivity contribution >= 4 is 28.1 Å². The van der Waals surface area contributed by atoms with Crippen LogP contribution in [0.2, 0.25) is 0 Å². The summed E-state index contributed by atoms with van der Waals surface area (Å²) in [6.45, 7) is 7.71. The number of benzene rings is 1. The maximum Gasteiger partial charge on any atom is 0.232 e. The van der Waals surface area contributed by atoms with Gasteiger partial charge in [0.05, 0.1) is 12.2 Å². The van der Waals surface area contributed by atoms with Crippen LogP contribution in [0.4, 0.5) is 15.2 Å². The Labute approximate surface area is 158 Å². The van der Waals surface area contributed by atoms with Gasteiger partial charge in [0.15, 0.2) is 5.13 Å². The van der Waals surface area contributed by atoms with Crippen molar-refractivity contribution in [2.75, 3.05) is 37.4 Å². The number of anilines is 2. The number of amides is 1. The fraction of sp³-hybridized carbons (Fsp3) is 0.474. The number of nitrogens with one attached hydrogen (secondary N) is 1. The van der Waals surface area contributed by atoms with E-state index in [2.05, 4.69) is 15.2 Å². The Bertz CT molecular complexity index is 722. The molecule has 1 N–H and O–H groups in total. The molecule has 0 saturated heterocycles. The van der Waals surface area contributed by atoms with E-state index in [1.807, 2.05) is 40.2 Å². The summed E-state index contributed by atoms with van der Waals surface area (Å²) in [6, 6.07) is 5.99. The van der Waals surface area contributed by atoms with Crippen LogP contribution < -0.4 is 10.2 Å². The van der Waals surface area contributed by atoms with Crippen LogP contribution in [0.1, 0.15) is 26.5 Å². The average molecular weight is 379 g/mol. The quantitative estimate of drug-likeness (QED) is 0.795. The summed E-state index contributed by atoms with van der Waals surface area (Å²) in [5, 5.41) is 6.08. The molecule has 7 heteroatoms. The van der Waals surface area contributed by atoms with E-state index < -0.39 is 5.41 Å². The molecule has 0 fully saturated rings. The minimum atomic E-state index is -0.544. The van der Waals surface area contributed by atoms with Gasteiger partial charge in [-0.1, -0.05) is 20.8 Å². The van der Waals surface area contributed by atoms with E-state index in [-0.39, 0.29) is 11.7 Å². The SMILES string of the molecule is CN(C)CCNc1nc(CN(C(=O)C(C)(C)C)c2ccc(F)cc2)cs1. The largest absolute Gasteiger partial charge is 0.360 e. The number of hydrogen-bond acceptors (Lipinski definition) is 5. The smallest absolute Gasteiger partial charge is 0.232 e. The van der Waals surface area contributed by atoms with Gasteiger partial charge >= 0.3 is 0 Å². The number of carbonyl (C=O) groups excluding carboxylic acids is 1. The standard InChI is InChI=1S/C19H27FN4OS/c1-19(2,3)17(25)24(16-8-6-14(20)7-9-16)12-15-13-26-18(22-15)21-10-11-23(4)5/h6-9,13H,10-12H2,1-5H3,(H,21,22). The Kier molecular flexibility index (Phi) is 6.72. The molecule has 0 aliphatic carbocycles. The van der Waals surface area contributed by atoms with Gasteiger partial charge in [-0.25, -0.2) is 9.37 Å². The predicted octanol–water partition coefficient (Wildman–Crippen LogP) is 3.84. The second-order valence-corrected chi connectivity index (χ2v) is 8.35. The van der Waals surface area contributed by atoms with E-state index in [0.29, 0.717) is 12.2 Å². The number of likely N-dealkylation sites (N-methyl/N-ethyl adjacent to an activating group) is 1. The van der Waals surface area contributed by atoms with Crippen LogP contribution in [0.15, 0.2) is 29.6 Å². The lowest BCUT2D eigenvalue weighted by molar-refractivity contribution is -0.125. The fourth-order valence-electron chi connectivity index (χ4n) is 2.32. The molecular weight excluding hydrogens is 351 g/mol. The van der Waals surface area contributed by atoms with Crippen LogP contribution in [0.5, 0.6) is 0 Å². The summed E-state index contributed by atoms with van der Waals surface area (Å²) in [5.41, 5.74) is 0.933. The molecule has 0 saturated carbocycles. The Hall–Kier alpha value is -1.99. The van der Waals surface area contributed by atoms with E-state index in [1.165, 1.54) is 23.5 Å². The second kappa shape index (κ2) is 8.60. The molecule has 0 spiro atoms. The van der Waals surface area contributed by atoms with Gasteiger partial charge < -0.3 is 15.1 Å². The summed E-state index contributed by atoms with van der Waals surface area (Å²) in [7, 11) is 4.04. The molecule has 0 aliphatic heterocycles. The van der Waals surface area contributed by atoms with Crippen molar-refractivity contribution < 1.29 is 9.18 Å². The molecule has 0 atom stereocenters. The topological polar surface area (TPSA) is 48.5 Å². The molecule has 142 valence electrons. The van der Waals surface area contributed by atoms with Crippen molar-refractivity contribution in [2.45, 2.75) is 27.3 Å². The summed E-state index contributed by atoms with van der Waals surface area (Å²) >= 11 is 1.52. The lowest BCUT2D eigenvalue weighted by atomic mass is 9.94. The first kappa shape index (κ1) is 20.3. The second-order valence-electron chi connectivity index (χ2n) is 7.49. The fourth-order valence-corrected chi connectivity index (χ4v) is 3.05. The normalized spacial score (nSPS) is 11.7. The van der Waals surface area contributed by atoms with Crippen LogP contribution >= 0.6 is 11.3 Å². The number of hydrogen-bond donors (Lipinski definition) is 1. The predicted molar refractivity (Wildman–Crippen MR) is 106 cm³/mol. The number of carbonyl (C=O) groups is 1. The number of aromatic nitrogens is 1. The zero-order valence-electron chi connectivity index (χ0n) is 16.0. The van der Waals surface area contributed by atoms with Crippen molar-refractivity contribution in [2.24, 2.45) is 5.41 Å². The lowest BCUT2D eigenvalue weighted by Crippen LogP contribution is -2.39. The minimum Gasteiger partial charge on any atom is -0.360 e. The van der Waals surface area contributed by atoms with Gasteiger partial charge in [0.25, 0.3) is 0 Å². The number of nitrogens with zero attached hydrogens (tertiary/aromatic N) is 3. The zero-order chi connectivity index (χ0) is 19.3. The van der Waals surface area contributed by atoms with Crippen LogP contribution in [0.25, 0.3) is 0 Å². The highest BCUT2D eigenvalue weighted by molar-refractivity contribution is 7.13. The van der Waals surface area contributed by atoms with E-state index in [1.54, 1.807) is 17.0 Å². The third-order valence-electron chi connectivity index (χ3n) is 3.73. The van der Waals surface area contributed by atoms with Crippen LogP contribution in [-0.4, -0.2) is 43.0 Å². The van der Waals surface area contributed by atoms with Gasteiger partial charge in [0.1, 0.15) is 5.82 Å². The first-order valence-electron chi connectivity index (χ1n) is 8.57. The molecular formula is C19H27FN4OS. The van der Waals surface area contributed by atoms with Crippen molar-refractivity contribution in [3.05, 3.63) is 41.2 Å². The Morgan fingerprint density at radius 3 is 2.46 bits per heavy atom. The molecule has 0 unspecified atom stereocenters. The summed E-state index contributed by atoms with van der Waals surface area (Å²) < 4.78 is 13.3. The number of halogens is 1. The minimum absolute atomic E-state index is 0.0285. The van der Waals surface area contributed by atoms with Gasteiger partial charge in [0, 0.05) is 29.6 Å². The molecule has 0 aliphatic rings. The van der Waals surface area contributed by atoms with E-state index >= 15 is 0 Å². The lowest BCUT2D eigenvalue weighted by Gasteiger charge is -2.29. The Morgan fingerprint density at radius 1 is 1.23 bits per heavy atom. The average Bonchev–Trinajstić information content (AvgIpc) is 2.99. The van der Waals surface area contributed by atoms with E-state index in [0.717, 1.165) is 23.9 Å². The van der Waals surface area contributed by atoms with Gasteiger partial charge in [0.2, 0.25) is 5.91 Å². The van der Waals surface area contributed by atoms with Gasteiger partial charge in [-0.15, -0.1) is 11.3 Å². The molecule has 0 bridgehead atoms. The Balaban J connectivity index is 2.15. The highest BCUT2D eigenvalue weighted by Crippen LogP contribution is 2.26. The third-order valence-corrected chi connectivity index (χ3v) is 4.58. The molecule has 1 aromatic carbocycles. The third kappa shape index (κ3) is 5.78. The van der Waals surface area contributed by atoms with Crippen LogP contribution in [0, 0.1) is 11.2 Å². The maximum atomic E-state index is 13.3. The van der Waals surface area contributed by atoms with Gasteiger partial charge in [-0.05, 0) is 38.4 Å². The van der Waals surface area contributed by atoms with Crippen molar-refractivity contribution in [1.29, 1.82) is 0 Å². The first-order chi connectivity index (χ1) is 12.2. The molecule has 2 rings (SSSR count). The highest BCUT2D eigenvalue weighted by atomic mass is 32.1. The molecule has 1 aromatic heterocycles. The van der Waals surface area contributed by atoms with Gasteiger partial charge in [-0.2, -0.15) is 0 Å². The van der Waals surface area contributed by atoms with Crippen molar-refractivity contribution in [1.82, 2.24) is 9.88 Å². The summed E-state index contributed by atoms with van der Waals surface area (Å²) in [6.07, 6.45) is 0. The maximum absolute atomic E-state index is 13.3. The summed E-state index contributed by atoms with van der Waals surface area (Å²) in [5.74, 6) is -0.350. The van der Waals surface area contributed by atoms with Crippen LogP contribution in [0.3, 0.4) is 0 Å². The number of rotatable bonds is 7. The Morgan fingerprint density at radius 2 is 1.88 bits per heavy atom. The first-order valence-corrected chi connectivity index (χ1v) is 9.45.